The Bertz CT molecular complexity index is 565. The minimum absolute atomic E-state index is 0.238. The van der Waals surface area contributed by atoms with Gasteiger partial charge >= 0.3 is 0 Å². The summed E-state index contributed by atoms with van der Waals surface area (Å²) in [5, 5.41) is 1.13. The first kappa shape index (κ1) is 12.9. The molecule has 2 rings (SSSR count). The first-order valence-corrected chi connectivity index (χ1v) is 6.29. The van der Waals surface area contributed by atoms with Crippen LogP contribution in [0.5, 0.6) is 11.6 Å². The summed E-state index contributed by atoms with van der Waals surface area (Å²) >= 11 is 20.9. The molecular weight excluding hydrogens is 350 g/mol. The Labute approximate surface area is 121 Å². The molecule has 0 fully saturated rings. The Kier molecular flexibility index (Phi) is 4.09. The third-order valence-corrected chi connectivity index (χ3v) is 3.45. The maximum absolute atomic E-state index is 6.00. The summed E-state index contributed by atoms with van der Waals surface area (Å²) in [4.78, 5) is 7.77. The van der Waals surface area contributed by atoms with Crippen LogP contribution in [0.1, 0.15) is 0 Å². The van der Waals surface area contributed by atoms with E-state index in [0.717, 1.165) is 0 Å². The molecule has 0 bridgehead atoms. The summed E-state index contributed by atoms with van der Waals surface area (Å²) in [6.07, 6.45) is 2.84. The van der Waals surface area contributed by atoms with Crippen LogP contribution in [-0.2, 0) is 0 Å². The fraction of sp³-hybridized carbons (Fsp3) is 0. The monoisotopic (exact) mass is 352 g/mol. The van der Waals surface area contributed by atoms with Crippen molar-refractivity contribution in [3.05, 3.63) is 44.2 Å². The molecule has 0 N–H and O–H groups in total. The van der Waals surface area contributed by atoms with Gasteiger partial charge in [-0.2, -0.15) is 4.98 Å². The highest BCUT2D eigenvalue weighted by Crippen LogP contribution is 2.36. The predicted molar refractivity (Wildman–Crippen MR) is 71.3 cm³/mol. The molecule has 0 atom stereocenters. The van der Waals surface area contributed by atoms with Gasteiger partial charge in [-0.25, -0.2) is 0 Å². The SMILES string of the molecule is Clc1cncc(Oc2cc(Cl)c(Br)cc2Cl)n1. The van der Waals surface area contributed by atoms with Crippen molar-refractivity contribution in [3.8, 4) is 11.6 Å². The molecule has 88 valence electrons. The van der Waals surface area contributed by atoms with E-state index >= 15 is 0 Å². The molecule has 2 aromatic rings. The summed E-state index contributed by atoms with van der Waals surface area (Å²) in [5.41, 5.74) is 0. The quantitative estimate of drug-likeness (QED) is 0.713. The summed E-state index contributed by atoms with van der Waals surface area (Å²) in [6.45, 7) is 0. The van der Waals surface area contributed by atoms with Crippen molar-refractivity contribution in [2.24, 2.45) is 0 Å². The van der Waals surface area contributed by atoms with Gasteiger partial charge in [0.15, 0.2) is 5.15 Å². The van der Waals surface area contributed by atoms with Crippen molar-refractivity contribution in [1.82, 2.24) is 9.97 Å². The van der Waals surface area contributed by atoms with E-state index in [1.54, 1.807) is 12.1 Å². The highest BCUT2D eigenvalue weighted by molar-refractivity contribution is 9.10. The second kappa shape index (κ2) is 5.40. The van der Waals surface area contributed by atoms with E-state index in [9.17, 15) is 0 Å². The van der Waals surface area contributed by atoms with Crippen LogP contribution in [0.3, 0.4) is 0 Å². The Hall–Kier alpha value is -0.550. The molecule has 7 heteroatoms. The van der Waals surface area contributed by atoms with Crippen LogP contribution in [0.25, 0.3) is 0 Å². The van der Waals surface area contributed by atoms with Gasteiger partial charge in [-0.1, -0.05) is 34.8 Å². The normalized spacial score (nSPS) is 10.4. The van der Waals surface area contributed by atoms with Gasteiger partial charge in [-0.3, -0.25) is 4.98 Å². The first-order chi connectivity index (χ1) is 8.06. The van der Waals surface area contributed by atoms with Crippen LogP contribution >= 0.6 is 50.7 Å². The average Bonchev–Trinajstić information content (AvgIpc) is 2.26. The van der Waals surface area contributed by atoms with E-state index in [4.69, 9.17) is 39.5 Å². The number of ether oxygens (including phenoxy) is 1. The van der Waals surface area contributed by atoms with Crippen molar-refractivity contribution >= 4 is 50.7 Å². The van der Waals surface area contributed by atoms with Crippen molar-refractivity contribution in [2.75, 3.05) is 0 Å². The lowest BCUT2D eigenvalue weighted by Crippen LogP contribution is -1.90. The Morgan fingerprint density at radius 3 is 2.53 bits per heavy atom. The Morgan fingerprint density at radius 2 is 1.82 bits per heavy atom. The Morgan fingerprint density at radius 1 is 1.06 bits per heavy atom. The van der Waals surface area contributed by atoms with Crippen LogP contribution in [-0.4, -0.2) is 9.97 Å². The van der Waals surface area contributed by atoms with Crippen molar-refractivity contribution in [1.29, 1.82) is 0 Å². The van der Waals surface area contributed by atoms with Gasteiger partial charge in [0, 0.05) is 10.5 Å². The summed E-state index contributed by atoms with van der Waals surface area (Å²) in [7, 11) is 0. The van der Waals surface area contributed by atoms with E-state index in [2.05, 4.69) is 25.9 Å². The average molecular weight is 354 g/mol. The van der Waals surface area contributed by atoms with Crippen LogP contribution in [0, 0.1) is 0 Å². The lowest BCUT2D eigenvalue weighted by molar-refractivity contribution is 0.460. The van der Waals surface area contributed by atoms with Gasteiger partial charge in [0.1, 0.15) is 5.75 Å². The topological polar surface area (TPSA) is 35.0 Å². The molecule has 0 aliphatic rings. The molecule has 1 heterocycles. The van der Waals surface area contributed by atoms with Crippen LogP contribution in [0.4, 0.5) is 0 Å². The number of aromatic nitrogens is 2. The lowest BCUT2D eigenvalue weighted by Gasteiger charge is -2.07. The maximum Gasteiger partial charge on any atom is 0.239 e. The molecule has 0 radical (unpaired) electrons. The van der Waals surface area contributed by atoms with Crippen molar-refractivity contribution in [3.63, 3.8) is 0 Å². The predicted octanol–water partition coefficient (Wildman–Crippen LogP) is 4.99. The zero-order valence-corrected chi connectivity index (χ0v) is 12.0. The zero-order valence-electron chi connectivity index (χ0n) is 8.12. The smallest absolute Gasteiger partial charge is 0.239 e. The lowest BCUT2D eigenvalue weighted by atomic mass is 10.3. The number of hydrogen-bond acceptors (Lipinski definition) is 3. The van der Waals surface area contributed by atoms with E-state index in [1.165, 1.54) is 12.4 Å². The molecule has 0 saturated carbocycles. The molecule has 3 nitrogen and oxygen atoms in total. The summed E-state index contributed by atoms with van der Waals surface area (Å²) in [6, 6.07) is 3.22. The first-order valence-electron chi connectivity index (χ1n) is 4.36. The number of benzene rings is 1. The van der Waals surface area contributed by atoms with E-state index < -0.39 is 0 Å². The standard InChI is InChI=1S/C10H4BrCl3N2O/c11-5-1-7(13)8(2-6(5)12)17-10-4-15-3-9(14)16-10/h1-4H. The molecule has 0 aliphatic carbocycles. The second-order valence-electron chi connectivity index (χ2n) is 2.98. The molecule has 1 aromatic carbocycles. The number of rotatable bonds is 2. The van der Waals surface area contributed by atoms with Gasteiger partial charge in [-0.05, 0) is 22.0 Å². The van der Waals surface area contributed by atoms with Crippen LogP contribution in [0.15, 0.2) is 29.0 Å². The minimum atomic E-state index is 0.238. The molecule has 0 amide bonds. The van der Waals surface area contributed by atoms with E-state index in [0.29, 0.717) is 20.3 Å². The van der Waals surface area contributed by atoms with E-state index in [-0.39, 0.29) is 11.0 Å². The van der Waals surface area contributed by atoms with Gasteiger partial charge in [0.05, 0.1) is 22.4 Å². The van der Waals surface area contributed by atoms with E-state index in [1.807, 2.05) is 0 Å². The van der Waals surface area contributed by atoms with Gasteiger partial charge in [0.25, 0.3) is 0 Å². The van der Waals surface area contributed by atoms with Crippen LogP contribution < -0.4 is 4.74 Å². The number of nitrogens with zero attached hydrogens (tertiary/aromatic N) is 2. The summed E-state index contributed by atoms with van der Waals surface area (Å²) < 4.78 is 6.12. The van der Waals surface area contributed by atoms with Crippen LogP contribution in [0.2, 0.25) is 15.2 Å². The second-order valence-corrected chi connectivity index (χ2v) is 5.03. The zero-order chi connectivity index (χ0) is 12.4. The fourth-order valence-electron chi connectivity index (χ4n) is 1.07. The Balaban J connectivity index is 2.33. The van der Waals surface area contributed by atoms with Crippen molar-refractivity contribution in [2.45, 2.75) is 0 Å². The molecule has 0 unspecified atom stereocenters. The summed E-state index contributed by atoms with van der Waals surface area (Å²) in [5.74, 6) is 0.634. The number of halogens is 4. The number of hydrogen-bond donors (Lipinski definition) is 0. The van der Waals surface area contributed by atoms with Gasteiger partial charge in [0.2, 0.25) is 5.88 Å². The van der Waals surface area contributed by atoms with Crippen molar-refractivity contribution < 1.29 is 4.74 Å². The molecule has 1 aromatic heterocycles. The highest BCUT2D eigenvalue weighted by Gasteiger charge is 2.09. The third-order valence-electron chi connectivity index (χ3n) is 1.77. The molecule has 0 spiro atoms. The largest absolute Gasteiger partial charge is 0.436 e. The van der Waals surface area contributed by atoms with Gasteiger partial charge < -0.3 is 4.74 Å². The third kappa shape index (κ3) is 3.22. The fourth-order valence-corrected chi connectivity index (χ4v) is 2.04. The molecule has 17 heavy (non-hydrogen) atoms. The highest BCUT2D eigenvalue weighted by atomic mass is 79.9. The molecule has 0 aliphatic heterocycles. The van der Waals surface area contributed by atoms with Gasteiger partial charge in [-0.15, -0.1) is 0 Å². The molecule has 0 saturated heterocycles. The maximum atomic E-state index is 6.00. The minimum Gasteiger partial charge on any atom is -0.436 e. The molecular formula is C10H4BrCl3N2O.